The molecule has 1 atom stereocenters. The summed E-state index contributed by atoms with van der Waals surface area (Å²) < 4.78 is 6.23. The van der Waals surface area contributed by atoms with E-state index in [4.69, 9.17) is 16.3 Å². The van der Waals surface area contributed by atoms with E-state index in [1.54, 1.807) is 6.07 Å². The van der Waals surface area contributed by atoms with E-state index in [-0.39, 0.29) is 12.5 Å². The van der Waals surface area contributed by atoms with Crippen molar-refractivity contribution in [1.82, 2.24) is 4.90 Å². The van der Waals surface area contributed by atoms with E-state index in [1.807, 2.05) is 43.3 Å². The van der Waals surface area contributed by atoms with Crippen molar-refractivity contribution >= 4 is 57.0 Å². The summed E-state index contributed by atoms with van der Waals surface area (Å²) in [6.07, 6.45) is -0.498. The van der Waals surface area contributed by atoms with Crippen LogP contribution in [-0.2, 0) is 16.1 Å². The number of ether oxygens (including phenoxy) is 1. The van der Waals surface area contributed by atoms with Gasteiger partial charge in [-0.25, -0.2) is 4.79 Å². The highest BCUT2D eigenvalue weighted by Crippen LogP contribution is 2.32. The average Bonchev–Trinajstić information content (AvgIpc) is 3.17. The van der Waals surface area contributed by atoms with Gasteiger partial charge in [0, 0.05) is 10.2 Å². The second-order valence-corrected chi connectivity index (χ2v) is 8.28. The van der Waals surface area contributed by atoms with Gasteiger partial charge in [0.1, 0.15) is 12.6 Å². The van der Waals surface area contributed by atoms with Crippen LogP contribution >= 0.6 is 39.3 Å². The summed E-state index contributed by atoms with van der Waals surface area (Å²) in [7, 11) is 0. The summed E-state index contributed by atoms with van der Waals surface area (Å²) in [5.74, 6) is 0.651. The zero-order chi connectivity index (χ0) is 19.4. The fraction of sp³-hybridized carbons (Fsp3) is 0.263. The van der Waals surface area contributed by atoms with E-state index in [1.165, 1.54) is 16.7 Å². The van der Waals surface area contributed by atoms with Crippen LogP contribution in [0.1, 0.15) is 11.1 Å². The molecule has 0 bridgehead atoms. The van der Waals surface area contributed by atoms with Crippen molar-refractivity contribution in [3.63, 3.8) is 0 Å². The van der Waals surface area contributed by atoms with Crippen LogP contribution in [0.5, 0.6) is 0 Å². The molecule has 2 aromatic carbocycles. The summed E-state index contributed by atoms with van der Waals surface area (Å²) in [4.78, 5) is 26.6. The maximum Gasteiger partial charge on any atom is 0.411 e. The number of carbonyl (C=O) groups is 2. The topological polar surface area (TPSA) is 58.6 Å². The lowest BCUT2D eigenvalue weighted by Gasteiger charge is -2.23. The highest BCUT2D eigenvalue weighted by atomic mass is 79.9. The average molecular weight is 470 g/mol. The van der Waals surface area contributed by atoms with Crippen LogP contribution in [0.4, 0.5) is 10.5 Å². The molecule has 2 amide bonds. The SMILES string of the molecule is Cc1c(Br)ccc(NC(=O)[C@@H]2CSCN2C(=O)OCc2ccccc2)c1Cl. The van der Waals surface area contributed by atoms with Crippen molar-refractivity contribution in [2.75, 3.05) is 16.9 Å². The third-order valence-electron chi connectivity index (χ3n) is 4.20. The van der Waals surface area contributed by atoms with Gasteiger partial charge in [0.15, 0.2) is 0 Å². The molecule has 2 aromatic rings. The lowest BCUT2D eigenvalue weighted by atomic mass is 10.2. The number of thioether (sulfide) groups is 1. The van der Waals surface area contributed by atoms with E-state index < -0.39 is 12.1 Å². The molecule has 1 fully saturated rings. The van der Waals surface area contributed by atoms with Gasteiger partial charge in [-0.15, -0.1) is 11.8 Å². The minimum Gasteiger partial charge on any atom is -0.445 e. The number of nitrogens with zero attached hydrogens (tertiary/aromatic N) is 1. The number of hydrogen-bond acceptors (Lipinski definition) is 4. The molecule has 0 saturated carbocycles. The molecule has 1 aliphatic heterocycles. The third-order valence-corrected chi connectivity index (χ3v) is 6.56. The molecular formula is C19H18BrClN2O3S. The number of hydrogen-bond donors (Lipinski definition) is 1. The molecule has 1 aliphatic rings. The first-order valence-corrected chi connectivity index (χ1v) is 10.6. The van der Waals surface area contributed by atoms with E-state index in [0.717, 1.165) is 15.6 Å². The minimum atomic E-state index is -0.599. The Morgan fingerprint density at radius 2 is 2.04 bits per heavy atom. The molecule has 5 nitrogen and oxygen atoms in total. The third kappa shape index (κ3) is 4.78. The highest BCUT2D eigenvalue weighted by Gasteiger charge is 2.36. The number of anilines is 1. The van der Waals surface area contributed by atoms with Crippen LogP contribution in [0.25, 0.3) is 0 Å². The maximum absolute atomic E-state index is 12.7. The molecule has 0 radical (unpaired) electrons. The quantitative estimate of drug-likeness (QED) is 0.680. The number of benzene rings is 2. The van der Waals surface area contributed by atoms with E-state index in [2.05, 4.69) is 21.2 Å². The van der Waals surface area contributed by atoms with Crippen LogP contribution in [0.3, 0.4) is 0 Å². The molecule has 0 unspecified atom stereocenters. The van der Waals surface area contributed by atoms with Crippen molar-refractivity contribution in [1.29, 1.82) is 0 Å². The summed E-state index contributed by atoms with van der Waals surface area (Å²) in [6, 6.07) is 12.4. The van der Waals surface area contributed by atoms with Gasteiger partial charge in [0.25, 0.3) is 0 Å². The van der Waals surface area contributed by atoms with Crippen molar-refractivity contribution in [3.8, 4) is 0 Å². The molecule has 1 heterocycles. The second kappa shape index (κ2) is 8.99. The first kappa shape index (κ1) is 20.0. The van der Waals surface area contributed by atoms with E-state index in [9.17, 15) is 9.59 Å². The number of nitrogens with one attached hydrogen (secondary N) is 1. The molecule has 0 spiro atoms. The molecule has 1 saturated heterocycles. The van der Waals surface area contributed by atoms with Crippen molar-refractivity contribution < 1.29 is 14.3 Å². The highest BCUT2D eigenvalue weighted by molar-refractivity contribution is 9.10. The van der Waals surface area contributed by atoms with Gasteiger partial charge in [0.05, 0.1) is 16.6 Å². The summed E-state index contributed by atoms with van der Waals surface area (Å²) in [6.45, 7) is 2.04. The molecule has 8 heteroatoms. The lowest BCUT2D eigenvalue weighted by molar-refractivity contribution is -0.119. The Labute approximate surface area is 175 Å². The van der Waals surface area contributed by atoms with Gasteiger partial charge in [-0.3, -0.25) is 9.69 Å². The zero-order valence-corrected chi connectivity index (χ0v) is 17.7. The number of halogens is 2. The number of carbonyl (C=O) groups excluding carboxylic acids is 2. The normalized spacial score (nSPS) is 16.3. The first-order valence-electron chi connectivity index (χ1n) is 8.28. The Morgan fingerprint density at radius 1 is 1.30 bits per heavy atom. The van der Waals surface area contributed by atoms with Gasteiger partial charge >= 0.3 is 6.09 Å². The molecule has 0 aliphatic carbocycles. The predicted molar refractivity (Wildman–Crippen MR) is 112 cm³/mol. The fourth-order valence-corrected chi connectivity index (χ4v) is 4.41. The Kier molecular flexibility index (Phi) is 6.68. The minimum absolute atomic E-state index is 0.174. The Bertz CT molecular complexity index is 850. The maximum atomic E-state index is 12.7. The zero-order valence-electron chi connectivity index (χ0n) is 14.6. The van der Waals surface area contributed by atoms with E-state index >= 15 is 0 Å². The van der Waals surface area contributed by atoms with Crippen molar-refractivity contribution in [3.05, 3.63) is 63.1 Å². The van der Waals surface area contributed by atoms with Crippen LogP contribution < -0.4 is 5.32 Å². The van der Waals surface area contributed by atoms with Gasteiger partial charge in [0.2, 0.25) is 5.91 Å². The monoisotopic (exact) mass is 468 g/mol. The molecule has 3 rings (SSSR count). The largest absolute Gasteiger partial charge is 0.445 e. The predicted octanol–water partition coefficient (Wildman–Crippen LogP) is 5.06. The molecular weight excluding hydrogens is 452 g/mol. The van der Waals surface area contributed by atoms with Crippen molar-refractivity contribution in [2.24, 2.45) is 0 Å². The molecule has 27 heavy (non-hydrogen) atoms. The smallest absolute Gasteiger partial charge is 0.411 e. The molecule has 0 aromatic heterocycles. The first-order chi connectivity index (χ1) is 13.0. The summed E-state index contributed by atoms with van der Waals surface area (Å²) in [5, 5.41) is 3.30. The summed E-state index contributed by atoms with van der Waals surface area (Å²) >= 11 is 11.2. The lowest BCUT2D eigenvalue weighted by Crippen LogP contribution is -2.44. The fourth-order valence-electron chi connectivity index (χ4n) is 2.62. The Morgan fingerprint density at radius 3 is 2.78 bits per heavy atom. The van der Waals surface area contributed by atoms with Gasteiger partial charge in [-0.1, -0.05) is 57.9 Å². The van der Waals surface area contributed by atoms with Gasteiger partial charge < -0.3 is 10.1 Å². The van der Waals surface area contributed by atoms with Gasteiger partial charge in [-0.05, 0) is 30.2 Å². The Balaban J connectivity index is 1.64. The standard InChI is InChI=1S/C19H18BrClN2O3S/c1-12-14(20)7-8-15(17(12)21)22-18(24)16-10-27-11-23(16)19(25)26-9-13-5-3-2-4-6-13/h2-8,16H,9-11H2,1H3,(H,22,24)/t16-/m0/s1. The summed E-state index contributed by atoms with van der Waals surface area (Å²) in [5.41, 5.74) is 2.27. The van der Waals surface area contributed by atoms with Crippen LogP contribution in [0, 0.1) is 6.92 Å². The van der Waals surface area contributed by atoms with E-state index in [0.29, 0.717) is 22.3 Å². The molecule has 1 N–H and O–H groups in total. The number of rotatable bonds is 4. The van der Waals surface area contributed by atoms with Crippen molar-refractivity contribution in [2.45, 2.75) is 19.6 Å². The van der Waals surface area contributed by atoms with Crippen LogP contribution in [0.2, 0.25) is 5.02 Å². The Hall–Kier alpha value is -1.70. The second-order valence-electron chi connectivity index (χ2n) is 6.05. The number of amides is 2. The van der Waals surface area contributed by atoms with Crippen LogP contribution in [-0.4, -0.2) is 34.6 Å². The molecule has 142 valence electrons. The van der Waals surface area contributed by atoms with Crippen LogP contribution in [0.15, 0.2) is 46.9 Å². The van der Waals surface area contributed by atoms with Gasteiger partial charge in [-0.2, -0.15) is 0 Å².